The molecule has 2 N–H and O–H groups in total. The van der Waals surface area contributed by atoms with Gasteiger partial charge in [-0.1, -0.05) is 160 Å². The third-order valence-corrected chi connectivity index (χ3v) is 19.4. The molecule has 0 saturated carbocycles. The van der Waals surface area contributed by atoms with Crippen LogP contribution in [-0.4, -0.2) is 55.2 Å². The van der Waals surface area contributed by atoms with E-state index in [4.69, 9.17) is 9.47 Å². The number of nitrogens with zero attached hydrogens (tertiary/aromatic N) is 2. The number of aliphatic hydroxyl groups excluding tert-OH is 2. The number of carbonyl (C=O) groups is 4. The molecule has 0 radical (unpaired) electrons. The number of benzene rings is 4. The van der Waals surface area contributed by atoms with E-state index in [2.05, 4.69) is 97.0 Å². The normalized spacial score (nSPS) is 16.0. The Kier molecular flexibility index (Phi) is 19.4. The molecule has 4 heterocycles. The summed E-state index contributed by atoms with van der Waals surface area (Å²) in [6.07, 6.45) is 9.53. The highest BCUT2D eigenvalue weighted by molar-refractivity contribution is 7.16. The first kappa shape index (κ1) is 60.4. The van der Waals surface area contributed by atoms with Crippen LogP contribution in [0.4, 0.5) is 9.59 Å². The highest BCUT2D eigenvalue weighted by Gasteiger charge is 2.48. The van der Waals surface area contributed by atoms with Gasteiger partial charge in [0.15, 0.2) is 12.5 Å². The molecule has 80 heavy (non-hydrogen) atoms. The Balaban J connectivity index is 1.44. The van der Waals surface area contributed by atoms with Crippen molar-refractivity contribution in [1.82, 2.24) is 9.80 Å². The van der Waals surface area contributed by atoms with Crippen molar-refractivity contribution in [2.45, 2.75) is 220 Å². The lowest BCUT2D eigenvalue weighted by Gasteiger charge is -2.39. The van der Waals surface area contributed by atoms with Crippen LogP contribution in [0.2, 0.25) is 0 Å². The zero-order valence-electron chi connectivity index (χ0n) is 49.4. The van der Waals surface area contributed by atoms with E-state index in [9.17, 15) is 19.8 Å². The Morgan fingerprint density at radius 3 is 1.48 bits per heavy atom. The molecular weight excluding hydrogens is 1040 g/mol. The average Bonchev–Trinajstić information content (AvgIpc) is 4.21. The molecule has 3 unspecified atom stereocenters. The number of rotatable bonds is 25. The number of unbranched alkanes of at least 4 members (excludes halogenated alkanes) is 8. The second kappa shape index (κ2) is 25.6. The van der Waals surface area contributed by atoms with Crippen molar-refractivity contribution >= 4 is 57.4 Å². The van der Waals surface area contributed by atoms with Crippen LogP contribution in [0.3, 0.4) is 0 Å². The van der Waals surface area contributed by atoms with E-state index < -0.39 is 53.1 Å². The van der Waals surface area contributed by atoms with E-state index in [1.165, 1.54) is 10.4 Å². The molecule has 0 spiro atoms. The maximum absolute atomic E-state index is 15.6. The molecule has 10 nitrogen and oxygen atoms in total. The van der Waals surface area contributed by atoms with Gasteiger partial charge in [0.2, 0.25) is 0 Å². The Morgan fingerprint density at radius 1 is 0.562 bits per heavy atom. The zero-order chi connectivity index (χ0) is 57.7. The van der Waals surface area contributed by atoms with Gasteiger partial charge < -0.3 is 19.7 Å². The Bertz CT molecular complexity index is 3170. The summed E-state index contributed by atoms with van der Waals surface area (Å²) in [4.78, 5) is 66.4. The fraction of sp³-hybridized carbons (Fsp3) is 0.500. The van der Waals surface area contributed by atoms with Gasteiger partial charge >= 0.3 is 12.2 Å². The molecule has 0 saturated heterocycles. The lowest BCUT2D eigenvalue weighted by Crippen LogP contribution is -2.48. The van der Waals surface area contributed by atoms with Gasteiger partial charge in [0.25, 0.3) is 11.8 Å². The van der Waals surface area contributed by atoms with Gasteiger partial charge in [-0.2, -0.15) is 0 Å². The second-order valence-corrected chi connectivity index (χ2v) is 26.4. The summed E-state index contributed by atoms with van der Waals surface area (Å²) in [6.45, 7) is 22.4. The third-order valence-electron chi connectivity index (χ3n) is 16.5. The predicted octanol–water partition coefficient (Wildman–Crippen LogP) is 18.3. The maximum atomic E-state index is 15.6. The van der Waals surface area contributed by atoms with Gasteiger partial charge in [0, 0.05) is 69.1 Å². The van der Waals surface area contributed by atoms with Crippen molar-refractivity contribution in [3.63, 3.8) is 0 Å². The van der Waals surface area contributed by atoms with E-state index in [0.717, 1.165) is 137 Å². The first-order valence-electron chi connectivity index (χ1n) is 29.7. The molecule has 6 aromatic rings. The Hall–Kier alpha value is -5.66. The number of imide groups is 2. The lowest BCUT2D eigenvalue weighted by molar-refractivity contribution is -0.0336. The summed E-state index contributed by atoms with van der Waals surface area (Å²) in [5.41, 5.74) is 3.76. The summed E-state index contributed by atoms with van der Waals surface area (Å²) >= 11 is 3.15. The van der Waals surface area contributed by atoms with E-state index in [1.807, 2.05) is 52.0 Å². The molecule has 4 amide bonds. The Morgan fingerprint density at radius 2 is 1.00 bits per heavy atom. The van der Waals surface area contributed by atoms with Crippen molar-refractivity contribution in [3.8, 4) is 20.9 Å². The van der Waals surface area contributed by atoms with Crippen LogP contribution in [-0.2, 0) is 34.2 Å². The number of amides is 4. The minimum atomic E-state index is -1.86. The minimum Gasteiger partial charge on any atom is -0.443 e. The summed E-state index contributed by atoms with van der Waals surface area (Å²) in [5.74, 6) is -1.49. The smallest absolute Gasteiger partial charge is 0.419 e. The Labute approximate surface area is 483 Å². The van der Waals surface area contributed by atoms with Crippen LogP contribution in [0, 0.1) is 0 Å². The maximum Gasteiger partial charge on any atom is 0.419 e. The summed E-state index contributed by atoms with van der Waals surface area (Å²) in [7, 11) is 0. The SMILES string of the molecule is CCCCCCc1cc(-c2cc3c4c(c(-c5cc(CCCCCC)c(C(C)(C)c6ccccc6)s5)cc5c4c2C(O)N(C(=O)OC(C)(C)CCCC)C5=O)C(O)N(C(=O)OC(C)(C)CCCC)C3=O)sc1C(C)Cc1ccccc1. The first-order chi connectivity index (χ1) is 38.2. The highest BCUT2D eigenvalue weighted by Crippen LogP contribution is 2.54. The van der Waals surface area contributed by atoms with Gasteiger partial charge in [0.05, 0.1) is 0 Å². The van der Waals surface area contributed by atoms with E-state index >= 15 is 9.59 Å². The summed E-state index contributed by atoms with van der Waals surface area (Å²) in [5, 5.41) is 26.6. The fourth-order valence-corrected chi connectivity index (χ4v) is 14.6. The molecule has 0 aliphatic carbocycles. The number of carbonyl (C=O) groups excluding carboxylic acids is 4. The number of thiophene rings is 2. The van der Waals surface area contributed by atoms with Gasteiger partial charge in [-0.25, -0.2) is 19.4 Å². The molecule has 4 aromatic carbocycles. The molecule has 8 rings (SSSR count). The molecular formula is C68H86N2O8S2. The minimum absolute atomic E-state index is 0.0815. The van der Waals surface area contributed by atoms with Gasteiger partial charge in [-0.15, -0.1) is 22.7 Å². The standard InChI is InChI=1S/C68H86N2O8S2/c1-12-16-20-26-32-45-39-52(79-58(45)43(5)38-44-30-24-22-25-31-44)48-41-50-55-54-51(61(72)69(62(73)56(48)54)64(75)77-66(6,7)36-18-14-3)42-49(57(55)63(74)70(60(50)71)65(76)78-67(8,9)37-19-15-4)53-40-46(33-27-21-17-13-2)59(80-53)68(10,11)47-34-28-23-29-35-47/h22-25,28-31,34-35,39-43,62-63,73-74H,12-21,26-27,32-33,36-38H2,1-11H3. The van der Waals surface area contributed by atoms with Crippen molar-refractivity contribution in [2.75, 3.05) is 0 Å². The number of ether oxygens (including phenoxy) is 2. The van der Waals surface area contributed by atoms with Crippen LogP contribution in [0.25, 0.3) is 31.7 Å². The number of hydrogen-bond donors (Lipinski definition) is 2. The molecule has 2 aromatic heterocycles. The van der Waals surface area contributed by atoms with Gasteiger partial charge in [0.1, 0.15) is 11.2 Å². The van der Waals surface area contributed by atoms with Crippen molar-refractivity contribution in [2.24, 2.45) is 0 Å². The van der Waals surface area contributed by atoms with Crippen LogP contribution in [0.15, 0.2) is 84.9 Å². The van der Waals surface area contributed by atoms with Crippen molar-refractivity contribution in [1.29, 1.82) is 0 Å². The van der Waals surface area contributed by atoms with E-state index in [-0.39, 0.29) is 38.9 Å². The average molecular weight is 1120 g/mol. The molecule has 2 aliphatic rings. The molecule has 12 heteroatoms. The van der Waals surface area contributed by atoms with Crippen LogP contribution in [0.5, 0.6) is 0 Å². The topological polar surface area (TPSA) is 134 Å². The fourth-order valence-electron chi connectivity index (χ4n) is 11.9. The third kappa shape index (κ3) is 12.7. The van der Waals surface area contributed by atoms with Crippen LogP contribution in [0.1, 0.15) is 248 Å². The van der Waals surface area contributed by atoms with E-state index in [0.29, 0.717) is 24.0 Å². The van der Waals surface area contributed by atoms with Crippen molar-refractivity contribution < 1.29 is 38.9 Å². The number of hydrogen-bond acceptors (Lipinski definition) is 10. The van der Waals surface area contributed by atoms with Crippen LogP contribution >= 0.6 is 22.7 Å². The van der Waals surface area contributed by atoms with Gasteiger partial charge in [-0.05, 0) is 138 Å². The number of aryl methyl sites for hydroxylation is 2. The van der Waals surface area contributed by atoms with E-state index in [1.54, 1.807) is 34.8 Å². The quantitative estimate of drug-likeness (QED) is 0.0542. The zero-order valence-corrected chi connectivity index (χ0v) is 51.0. The molecule has 428 valence electrons. The van der Waals surface area contributed by atoms with Crippen LogP contribution < -0.4 is 0 Å². The predicted molar refractivity (Wildman–Crippen MR) is 326 cm³/mol. The monoisotopic (exact) mass is 1120 g/mol. The summed E-state index contributed by atoms with van der Waals surface area (Å²) in [6, 6.07) is 28.5. The van der Waals surface area contributed by atoms with Gasteiger partial charge in [-0.3, -0.25) is 9.59 Å². The van der Waals surface area contributed by atoms with Crippen molar-refractivity contribution in [3.05, 3.63) is 139 Å². The largest absolute Gasteiger partial charge is 0.443 e. The molecule has 0 fully saturated rings. The first-order valence-corrected chi connectivity index (χ1v) is 31.3. The number of aliphatic hydroxyl groups is 2. The summed E-state index contributed by atoms with van der Waals surface area (Å²) < 4.78 is 12.4. The molecule has 3 atom stereocenters. The molecule has 0 bridgehead atoms. The second-order valence-electron chi connectivity index (χ2n) is 24.2. The lowest BCUT2D eigenvalue weighted by atomic mass is 9.79. The highest BCUT2D eigenvalue weighted by atomic mass is 32.1. The molecule has 2 aliphatic heterocycles.